The van der Waals surface area contributed by atoms with Crippen molar-refractivity contribution < 1.29 is 27.1 Å². The van der Waals surface area contributed by atoms with Gasteiger partial charge in [-0.05, 0) is 67.9 Å². The summed E-state index contributed by atoms with van der Waals surface area (Å²) >= 11 is 0. The first kappa shape index (κ1) is 27.1. The van der Waals surface area contributed by atoms with Crippen molar-refractivity contribution in [3.63, 3.8) is 0 Å². The standard InChI is InChI=1S/C27H25F4N3O4/c1-15-21(28)10-11-22-23(15)24(35)34(13-16-6-8-17(9-7-16)25(36)38-2)26(37)33(22)14-18-4-3-5-20(19(18)12-32)27(29,30)31/h3-5,10-11,16-17H,6-9,13-14H2,1-2H3/t16-,17-. The van der Waals surface area contributed by atoms with E-state index in [1.807, 2.05) is 0 Å². The van der Waals surface area contributed by atoms with Crippen molar-refractivity contribution in [2.75, 3.05) is 7.11 Å². The Labute approximate surface area is 214 Å². The molecule has 1 aliphatic carbocycles. The molecule has 1 saturated carbocycles. The minimum absolute atomic E-state index is 0.00511. The Bertz CT molecular complexity index is 1560. The van der Waals surface area contributed by atoms with Crippen LogP contribution in [0.15, 0.2) is 39.9 Å². The Hall–Kier alpha value is -3.94. The minimum atomic E-state index is -4.78. The third-order valence-electron chi connectivity index (χ3n) is 7.31. The van der Waals surface area contributed by atoms with Gasteiger partial charge in [0.15, 0.2) is 0 Å². The summed E-state index contributed by atoms with van der Waals surface area (Å²) in [5.74, 6) is -1.36. The number of carbonyl (C=O) groups excluding carboxylic acids is 1. The highest BCUT2D eigenvalue weighted by molar-refractivity contribution is 5.82. The number of alkyl halides is 3. The topological polar surface area (TPSA) is 94.1 Å². The number of hydrogen-bond acceptors (Lipinski definition) is 5. The Morgan fingerprint density at radius 2 is 1.79 bits per heavy atom. The second-order valence-electron chi connectivity index (χ2n) is 9.54. The summed E-state index contributed by atoms with van der Waals surface area (Å²) in [6, 6.07) is 7.16. The number of nitrogens with zero attached hydrogens (tertiary/aromatic N) is 3. The summed E-state index contributed by atoms with van der Waals surface area (Å²) < 4.78 is 62.0. The van der Waals surface area contributed by atoms with E-state index in [1.54, 1.807) is 6.07 Å². The van der Waals surface area contributed by atoms with Crippen molar-refractivity contribution >= 4 is 16.9 Å². The molecule has 0 aliphatic heterocycles. The van der Waals surface area contributed by atoms with Gasteiger partial charge < -0.3 is 4.74 Å². The van der Waals surface area contributed by atoms with Gasteiger partial charge in [0.1, 0.15) is 11.9 Å². The number of esters is 1. The fourth-order valence-corrected chi connectivity index (χ4v) is 5.23. The van der Waals surface area contributed by atoms with Gasteiger partial charge in [0.25, 0.3) is 5.56 Å². The van der Waals surface area contributed by atoms with Crippen LogP contribution in [-0.2, 0) is 28.8 Å². The quantitative estimate of drug-likeness (QED) is 0.356. The van der Waals surface area contributed by atoms with Crippen molar-refractivity contribution in [1.82, 2.24) is 9.13 Å². The van der Waals surface area contributed by atoms with E-state index in [0.717, 1.165) is 27.3 Å². The van der Waals surface area contributed by atoms with Crippen molar-refractivity contribution in [3.8, 4) is 6.07 Å². The fourth-order valence-electron chi connectivity index (χ4n) is 5.23. The Morgan fingerprint density at radius 3 is 2.39 bits per heavy atom. The van der Waals surface area contributed by atoms with Crippen LogP contribution in [0, 0.1) is 35.9 Å². The van der Waals surface area contributed by atoms with Crippen LogP contribution in [0.3, 0.4) is 0 Å². The molecule has 0 radical (unpaired) electrons. The first-order valence-corrected chi connectivity index (χ1v) is 12.1. The van der Waals surface area contributed by atoms with Gasteiger partial charge in [-0.25, -0.2) is 9.18 Å². The number of fused-ring (bicyclic) bond motifs is 1. The molecule has 0 amide bonds. The lowest BCUT2D eigenvalue weighted by Crippen LogP contribution is -2.42. The van der Waals surface area contributed by atoms with Crippen LogP contribution >= 0.6 is 0 Å². The number of aromatic nitrogens is 2. The Morgan fingerprint density at radius 1 is 1.11 bits per heavy atom. The van der Waals surface area contributed by atoms with E-state index >= 15 is 0 Å². The SMILES string of the molecule is COC(=O)[C@H]1CC[C@H](Cn2c(=O)c3c(C)c(F)ccc3n(Cc3cccc(C(F)(F)F)c3C#N)c2=O)CC1. The van der Waals surface area contributed by atoms with Crippen molar-refractivity contribution in [3.05, 3.63) is 79.2 Å². The maximum Gasteiger partial charge on any atom is 0.417 e. The average Bonchev–Trinajstić information content (AvgIpc) is 2.89. The smallest absolute Gasteiger partial charge is 0.417 e. The van der Waals surface area contributed by atoms with Gasteiger partial charge in [-0.15, -0.1) is 0 Å². The summed E-state index contributed by atoms with van der Waals surface area (Å²) in [6.07, 6.45) is -2.62. The zero-order valence-corrected chi connectivity index (χ0v) is 20.8. The predicted octanol–water partition coefficient (Wildman–Crippen LogP) is 4.53. The molecule has 1 heterocycles. The number of methoxy groups -OCH3 is 1. The fraction of sp³-hybridized carbons (Fsp3) is 0.407. The molecule has 1 aromatic heterocycles. The van der Waals surface area contributed by atoms with Crippen LogP contribution in [-0.4, -0.2) is 22.2 Å². The van der Waals surface area contributed by atoms with Gasteiger partial charge in [-0.1, -0.05) is 12.1 Å². The van der Waals surface area contributed by atoms with E-state index < -0.39 is 40.9 Å². The number of aryl methyl sites for hydroxylation is 1. The van der Waals surface area contributed by atoms with Crippen molar-refractivity contribution in [2.45, 2.75) is 51.9 Å². The highest BCUT2D eigenvalue weighted by Crippen LogP contribution is 2.34. The second-order valence-corrected chi connectivity index (χ2v) is 9.54. The zero-order chi connectivity index (χ0) is 27.8. The molecule has 38 heavy (non-hydrogen) atoms. The van der Waals surface area contributed by atoms with Gasteiger partial charge in [-0.3, -0.25) is 18.7 Å². The number of halogens is 4. The summed E-state index contributed by atoms with van der Waals surface area (Å²) in [5, 5.41) is 9.46. The lowest BCUT2D eigenvalue weighted by atomic mass is 9.82. The van der Waals surface area contributed by atoms with Crippen molar-refractivity contribution in [1.29, 1.82) is 5.26 Å². The second kappa shape index (κ2) is 10.4. The molecular weight excluding hydrogens is 506 g/mol. The van der Waals surface area contributed by atoms with Crippen LogP contribution in [0.5, 0.6) is 0 Å². The van der Waals surface area contributed by atoms with Crippen LogP contribution in [0.2, 0.25) is 0 Å². The summed E-state index contributed by atoms with van der Waals surface area (Å²) in [6.45, 7) is 0.971. The Kier molecular flexibility index (Phi) is 7.44. The van der Waals surface area contributed by atoms with Gasteiger partial charge >= 0.3 is 17.8 Å². The molecule has 1 aliphatic rings. The Balaban J connectivity index is 1.83. The highest BCUT2D eigenvalue weighted by atomic mass is 19.4. The minimum Gasteiger partial charge on any atom is -0.469 e. The normalized spacial score (nSPS) is 17.8. The van der Waals surface area contributed by atoms with Gasteiger partial charge in [0, 0.05) is 6.54 Å². The van der Waals surface area contributed by atoms with E-state index in [9.17, 15) is 37.2 Å². The predicted molar refractivity (Wildman–Crippen MR) is 130 cm³/mol. The molecule has 11 heteroatoms. The summed E-state index contributed by atoms with van der Waals surface area (Å²) in [5.41, 5.74) is -3.22. The van der Waals surface area contributed by atoms with Gasteiger partial charge in [0.2, 0.25) is 0 Å². The molecule has 2 aromatic carbocycles. The monoisotopic (exact) mass is 531 g/mol. The molecule has 1 fully saturated rings. The van der Waals surface area contributed by atoms with Crippen LogP contribution < -0.4 is 11.2 Å². The highest BCUT2D eigenvalue weighted by Gasteiger charge is 2.34. The maximum absolute atomic E-state index is 14.5. The first-order valence-electron chi connectivity index (χ1n) is 12.1. The molecule has 0 N–H and O–H groups in total. The number of hydrogen-bond donors (Lipinski definition) is 0. The van der Waals surface area contributed by atoms with Gasteiger partial charge in [0.05, 0.1) is 41.6 Å². The van der Waals surface area contributed by atoms with Gasteiger partial charge in [-0.2, -0.15) is 18.4 Å². The van der Waals surface area contributed by atoms with E-state index in [-0.39, 0.29) is 46.4 Å². The molecule has 0 saturated heterocycles. The van der Waals surface area contributed by atoms with E-state index in [1.165, 1.54) is 26.2 Å². The molecule has 0 atom stereocenters. The molecule has 7 nitrogen and oxygen atoms in total. The average molecular weight is 532 g/mol. The molecule has 0 spiro atoms. The molecule has 4 rings (SSSR count). The van der Waals surface area contributed by atoms with Crippen LogP contribution in [0.1, 0.15) is 47.9 Å². The van der Waals surface area contributed by atoms with E-state index in [0.29, 0.717) is 25.7 Å². The van der Waals surface area contributed by atoms with E-state index in [4.69, 9.17) is 4.74 Å². The molecule has 200 valence electrons. The van der Waals surface area contributed by atoms with E-state index in [2.05, 4.69) is 0 Å². The molecule has 3 aromatic rings. The third kappa shape index (κ3) is 4.95. The zero-order valence-electron chi connectivity index (χ0n) is 20.8. The summed E-state index contributed by atoms with van der Waals surface area (Å²) in [4.78, 5) is 38.9. The number of benzene rings is 2. The van der Waals surface area contributed by atoms with Crippen LogP contribution in [0.25, 0.3) is 10.9 Å². The number of ether oxygens (including phenoxy) is 1. The third-order valence-corrected chi connectivity index (χ3v) is 7.31. The maximum atomic E-state index is 14.5. The number of nitriles is 1. The summed E-state index contributed by atoms with van der Waals surface area (Å²) in [7, 11) is 1.31. The first-order chi connectivity index (χ1) is 18.0. The molecule has 0 bridgehead atoms. The lowest BCUT2D eigenvalue weighted by molar-refractivity contribution is -0.146. The van der Waals surface area contributed by atoms with Crippen molar-refractivity contribution in [2.24, 2.45) is 11.8 Å². The number of carbonyl (C=O) groups is 1. The molecule has 0 unspecified atom stereocenters. The lowest BCUT2D eigenvalue weighted by Gasteiger charge is -2.27. The molecular formula is C27H25F4N3O4. The largest absolute Gasteiger partial charge is 0.469 e. The van der Waals surface area contributed by atoms with Crippen LogP contribution in [0.4, 0.5) is 17.6 Å². The number of rotatable bonds is 5.